The molecule has 5 nitrogen and oxygen atoms in total. The summed E-state index contributed by atoms with van der Waals surface area (Å²) < 4.78 is 1.13. The van der Waals surface area contributed by atoms with Crippen LogP contribution in [0.1, 0.15) is 23.6 Å². The van der Waals surface area contributed by atoms with Gasteiger partial charge in [-0.05, 0) is 23.9 Å². The maximum absolute atomic E-state index is 11.9. The standard InChI is InChI=1S/C16H17N3O2S2/c1-2-11-9-22-16(18-11)19-15(21)17-8-12(20)14-7-10-5-3-4-6-13(10)23-14/h3-7,9,12,20H,2,8H2,1H3,(H2,17,18,19,21). The van der Waals surface area contributed by atoms with Crippen LogP contribution in [0.15, 0.2) is 35.7 Å². The molecule has 3 N–H and O–H groups in total. The van der Waals surface area contributed by atoms with Crippen LogP contribution in [0.2, 0.25) is 0 Å². The number of fused-ring (bicyclic) bond motifs is 1. The second-order valence-corrected chi connectivity index (χ2v) is 7.01. The zero-order valence-corrected chi connectivity index (χ0v) is 14.2. The molecule has 0 bridgehead atoms. The van der Waals surface area contributed by atoms with Crippen molar-refractivity contribution in [2.75, 3.05) is 11.9 Å². The minimum Gasteiger partial charge on any atom is -0.386 e. The van der Waals surface area contributed by atoms with Gasteiger partial charge in [0.05, 0.1) is 12.2 Å². The van der Waals surface area contributed by atoms with Gasteiger partial charge in [0.2, 0.25) is 0 Å². The van der Waals surface area contributed by atoms with Crippen molar-refractivity contribution in [3.63, 3.8) is 0 Å². The van der Waals surface area contributed by atoms with Crippen molar-refractivity contribution in [1.82, 2.24) is 10.3 Å². The lowest BCUT2D eigenvalue weighted by molar-refractivity contribution is 0.178. The molecule has 7 heteroatoms. The number of thiazole rings is 1. The molecule has 23 heavy (non-hydrogen) atoms. The molecular weight excluding hydrogens is 330 g/mol. The average molecular weight is 347 g/mol. The van der Waals surface area contributed by atoms with E-state index in [9.17, 15) is 9.90 Å². The van der Waals surface area contributed by atoms with Crippen LogP contribution >= 0.6 is 22.7 Å². The van der Waals surface area contributed by atoms with Gasteiger partial charge in [-0.25, -0.2) is 9.78 Å². The highest BCUT2D eigenvalue weighted by Crippen LogP contribution is 2.29. The van der Waals surface area contributed by atoms with Crippen LogP contribution in [0, 0.1) is 0 Å². The van der Waals surface area contributed by atoms with E-state index in [0.29, 0.717) is 5.13 Å². The van der Waals surface area contributed by atoms with Gasteiger partial charge in [0.15, 0.2) is 5.13 Å². The second kappa shape index (κ2) is 7.08. The number of aliphatic hydroxyl groups excluding tert-OH is 1. The number of rotatable bonds is 5. The van der Waals surface area contributed by atoms with Crippen LogP contribution < -0.4 is 10.6 Å². The monoisotopic (exact) mass is 347 g/mol. The number of hydrogen-bond acceptors (Lipinski definition) is 5. The highest BCUT2D eigenvalue weighted by atomic mass is 32.1. The molecule has 120 valence electrons. The summed E-state index contributed by atoms with van der Waals surface area (Å²) in [6.45, 7) is 2.17. The SMILES string of the molecule is CCc1csc(NC(=O)NCC(O)c2cc3ccccc3s2)n1. The molecule has 0 aliphatic rings. The first-order valence-electron chi connectivity index (χ1n) is 7.31. The molecule has 1 atom stereocenters. The van der Waals surface area contributed by atoms with Crippen molar-refractivity contribution in [1.29, 1.82) is 0 Å². The Morgan fingerprint density at radius 2 is 2.22 bits per heavy atom. The summed E-state index contributed by atoms with van der Waals surface area (Å²) in [6.07, 6.45) is 0.116. The number of aryl methyl sites for hydroxylation is 1. The molecule has 1 unspecified atom stereocenters. The van der Waals surface area contributed by atoms with E-state index < -0.39 is 6.10 Å². The van der Waals surface area contributed by atoms with Crippen molar-refractivity contribution in [2.45, 2.75) is 19.4 Å². The Balaban J connectivity index is 1.55. The first kappa shape index (κ1) is 15.9. The topological polar surface area (TPSA) is 74.2 Å². The first-order valence-corrected chi connectivity index (χ1v) is 9.01. The van der Waals surface area contributed by atoms with E-state index in [1.807, 2.05) is 42.6 Å². The summed E-state index contributed by atoms with van der Waals surface area (Å²) in [6, 6.07) is 9.56. The van der Waals surface area contributed by atoms with Gasteiger partial charge in [-0.1, -0.05) is 25.1 Å². The maximum Gasteiger partial charge on any atom is 0.321 e. The van der Waals surface area contributed by atoms with Crippen LogP contribution in [-0.4, -0.2) is 22.7 Å². The van der Waals surface area contributed by atoms with Gasteiger partial charge < -0.3 is 10.4 Å². The number of carbonyl (C=O) groups excluding carboxylic acids is 1. The predicted octanol–water partition coefficient (Wildman–Crippen LogP) is 3.78. The smallest absolute Gasteiger partial charge is 0.321 e. The van der Waals surface area contributed by atoms with Crippen molar-refractivity contribution in [3.8, 4) is 0 Å². The third-order valence-electron chi connectivity index (χ3n) is 3.36. The molecule has 2 heterocycles. The molecule has 3 aromatic rings. The van der Waals surface area contributed by atoms with Crippen LogP contribution in [0.3, 0.4) is 0 Å². The Morgan fingerprint density at radius 3 is 2.96 bits per heavy atom. The zero-order valence-electron chi connectivity index (χ0n) is 12.6. The number of carbonyl (C=O) groups is 1. The Kier molecular flexibility index (Phi) is 4.90. The van der Waals surface area contributed by atoms with E-state index in [0.717, 1.165) is 27.1 Å². The number of amides is 2. The van der Waals surface area contributed by atoms with Crippen LogP contribution in [0.25, 0.3) is 10.1 Å². The Morgan fingerprint density at radius 1 is 1.39 bits per heavy atom. The highest BCUT2D eigenvalue weighted by molar-refractivity contribution is 7.19. The molecule has 0 aliphatic heterocycles. The van der Waals surface area contributed by atoms with E-state index in [-0.39, 0.29) is 12.6 Å². The fourth-order valence-electron chi connectivity index (χ4n) is 2.12. The minimum absolute atomic E-state index is 0.157. The fourth-order valence-corrected chi connectivity index (χ4v) is 3.96. The van der Waals surface area contributed by atoms with Gasteiger partial charge in [-0.2, -0.15) is 0 Å². The summed E-state index contributed by atoms with van der Waals surface area (Å²) in [5.41, 5.74) is 0.954. The van der Waals surface area contributed by atoms with E-state index >= 15 is 0 Å². The fraction of sp³-hybridized carbons (Fsp3) is 0.250. The highest BCUT2D eigenvalue weighted by Gasteiger charge is 2.13. The zero-order chi connectivity index (χ0) is 16.2. The molecule has 1 aromatic carbocycles. The van der Waals surface area contributed by atoms with Crippen LogP contribution in [0.4, 0.5) is 9.93 Å². The molecule has 0 saturated carbocycles. The number of aromatic nitrogens is 1. The summed E-state index contributed by atoms with van der Waals surface area (Å²) in [5, 5.41) is 19.2. The lowest BCUT2D eigenvalue weighted by atomic mass is 10.2. The molecular formula is C16H17N3O2S2. The Labute approximate surface area is 142 Å². The second-order valence-electron chi connectivity index (χ2n) is 5.03. The number of urea groups is 1. The van der Waals surface area contributed by atoms with Crippen molar-refractivity contribution >= 4 is 43.9 Å². The van der Waals surface area contributed by atoms with Gasteiger partial charge in [0.25, 0.3) is 0 Å². The molecule has 0 fully saturated rings. The van der Waals surface area contributed by atoms with Crippen LogP contribution in [-0.2, 0) is 6.42 Å². The average Bonchev–Trinajstić information content (AvgIpc) is 3.18. The summed E-state index contributed by atoms with van der Waals surface area (Å²) in [4.78, 5) is 17.0. The number of thiophene rings is 1. The number of nitrogens with one attached hydrogen (secondary N) is 2. The molecule has 2 amide bonds. The quantitative estimate of drug-likeness (QED) is 0.657. The van der Waals surface area contributed by atoms with Gasteiger partial charge >= 0.3 is 6.03 Å². The van der Waals surface area contributed by atoms with E-state index in [4.69, 9.17) is 0 Å². The third-order valence-corrected chi connectivity index (χ3v) is 5.39. The minimum atomic E-state index is -0.722. The predicted molar refractivity (Wildman–Crippen MR) is 95.3 cm³/mol. The van der Waals surface area contributed by atoms with Crippen molar-refractivity contribution < 1.29 is 9.90 Å². The van der Waals surface area contributed by atoms with Gasteiger partial charge in [-0.15, -0.1) is 22.7 Å². The maximum atomic E-state index is 11.9. The largest absolute Gasteiger partial charge is 0.386 e. The molecule has 2 aromatic heterocycles. The molecule has 0 radical (unpaired) electrons. The number of anilines is 1. The molecule has 0 aliphatic carbocycles. The van der Waals surface area contributed by atoms with Crippen LogP contribution in [0.5, 0.6) is 0 Å². The van der Waals surface area contributed by atoms with E-state index in [1.54, 1.807) is 0 Å². The van der Waals surface area contributed by atoms with Crippen molar-refractivity contribution in [3.05, 3.63) is 46.3 Å². The van der Waals surface area contributed by atoms with Gasteiger partial charge in [0.1, 0.15) is 6.10 Å². The van der Waals surface area contributed by atoms with Gasteiger partial charge in [0, 0.05) is 15.0 Å². The number of aliphatic hydroxyl groups is 1. The van der Waals surface area contributed by atoms with Gasteiger partial charge in [-0.3, -0.25) is 5.32 Å². The summed E-state index contributed by atoms with van der Waals surface area (Å²) in [5.74, 6) is 0. The summed E-state index contributed by atoms with van der Waals surface area (Å²) in [7, 11) is 0. The molecule has 0 saturated heterocycles. The van der Waals surface area contributed by atoms with E-state index in [2.05, 4.69) is 15.6 Å². The Bertz CT molecular complexity index is 779. The lowest BCUT2D eigenvalue weighted by Crippen LogP contribution is -2.32. The third kappa shape index (κ3) is 3.87. The summed E-state index contributed by atoms with van der Waals surface area (Å²) >= 11 is 2.93. The lowest BCUT2D eigenvalue weighted by Gasteiger charge is -2.10. The molecule has 3 rings (SSSR count). The normalized spacial score (nSPS) is 12.3. The molecule has 0 spiro atoms. The first-order chi connectivity index (χ1) is 11.2. The number of hydrogen-bond donors (Lipinski definition) is 3. The van der Waals surface area contributed by atoms with Crippen molar-refractivity contribution in [2.24, 2.45) is 0 Å². The number of benzene rings is 1. The van der Waals surface area contributed by atoms with E-state index in [1.165, 1.54) is 22.7 Å². The Hall–Kier alpha value is -1.96. The number of nitrogens with zero attached hydrogens (tertiary/aromatic N) is 1.